The van der Waals surface area contributed by atoms with E-state index < -0.39 is 9.84 Å². The van der Waals surface area contributed by atoms with Gasteiger partial charge in [0.15, 0.2) is 9.84 Å². The summed E-state index contributed by atoms with van der Waals surface area (Å²) in [5, 5.41) is 3.84. The Kier molecular flexibility index (Phi) is 3.99. The predicted octanol–water partition coefficient (Wildman–Crippen LogP) is 3.79. The molecule has 0 saturated heterocycles. The van der Waals surface area contributed by atoms with Gasteiger partial charge in [0.05, 0.1) is 21.5 Å². The lowest BCUT2D eigenvalue weighted by Crippen LogP contribution is -2.11. The summed E-state index contributed by atoms with van der Waals surface area (Å²) >= 11 is 8.93. The van der Waals surface area contributed by atoms with E-state index in [9.17, 15) is 8.42 Å². The molecule has 4 nitrogen and oxygen atoms in total. The van der Waals surface area contributed by atoms with Gasteiger partial charge in [0.25, 0.3) is 0 Å². The van der Waals surface area contributed by atoms with Crippen LogP contribution in [0.5, 0.6) is 0 Å². The van der Waals surface area contributed by atoms with Gasteiger partial charge >= 0.3 is 0 Å². The molecule has 1 aliphatic rings. The monoisotopic (exact) mass is 399 g/mol. The Morgan fingerprint density at radius 1 is 1.36 bits per heavy atom. The van der Waals surface area contributed by atoms with Gasteiger partial charge < -0.3 is 4.52 Å². The van der Waals surface area contributed by atoms with E-state index in [2.05, 4.69) is 21.1 Å². The van der Waals surface area contributed by atoms with Crippen molar-refractivity contribution in [3.05, 3.63) is 45.3 Å². The van der Waals surface area contributed by atoms with Crippen LogP contribution in [-0.4, -0.2) is 24.7 Å². The fraction of sp³-hybridized carbons (Fsp3) is 0.333. The lowest BCUT2D eigenvalue weighted by Gasteiger charge is -2.13. The Hall–Kier alpha value is -1.05. The maximum Gasteiger partial charge on any atom is 0.176 e. The largest absolute Gasteiger partial charge is 0.360 e. The highest BCUT2D eigenvalue weighted by atomic mass is 79.9. The molecule has 1 aliphatic carbocycles. The maximum absolute atomic E-state index is 12.2. The van der Waals surface area contributed by atoms with Gasteiger partial charge in [0, 0.05) is 22.2 Å². The molecule has 0 N–H and O–H groups in total. The van der Waals surface area contributed by atoms with Gasteiger partial charge in [0.2, 0.25) is 0 Å². The molecule has 2 aromatic rings. The van der Waals surface area contributed by atoms with Gasteiger partial charge in [-0.1, -0.05) is 39.4 Å². The molecule has 1 aromatic heterocycles. The predicted molar refractivity (Wildman–Crippen MR) is 91.3 cm³/mol. The van der Waals surface area contributed by atoms with Crippen molar-refractivity contribution in [3.63, 3.8) is 0 Å². The lowest BCUT2D eigenvalue weighted by atomic mass is 10.0. The van der Waals surface area contributed by atoms with Crippen LogP contribution in [0.3, 0.4) is 0 Å². The number of aromatic nitrogens is 1. The summed E-state index contributed by atoms with van der Waals surface area (Å²) in [5.41, 5.74) is 1.92. The minimum absolute atomic E-state index is 0.259. The van der Waals surface area contributed by atoms with Crippen LogP contribution in [0.1, 0.15) is 41.2 Å². The number of sulfone groups is 1. The van der Waals surface area contributed by atoms with Crippen molar-refractivity contribution in [1.29, 1.82) is 0 Å². The van der Waals surface area contributed by atoms with Crippen LogP contribution < -0.4 is 0 Å². The van der Waals surface area contributed by atoms with Crippen molar-refractivity contribution < 1.29 is 12.9 Å². The molecule has 0 bridgehead atoms. The van der Waals surface area contributed by atoms with Crippen molar-refractivity contribution in [2.24, 2.45) is 0 Å². The maximum atomic E-state index is 12.2. The van der Waals surface area contributed by atoms with Crippen molar-refractivity contribution >= 4 is 42.8 Å². The van der Waals surface area contributed by atoms with Crippen molar-refractivity contribution in [2.45, 2.75) is 30.6 Å². The molecule has 0 aliphatic heterocycles. The molecule has 116 valence electrons. The Bertz CT molecular complexity index is 867. The Balaban J connectivity index is 2.18. The van der Waals surface area contributed by atoms with Crippen LogP contribution in [0.4, 0.5) is 0 Å². The van der Waals surface area contributed by atoms with E-state index in [4.69, 9.17) is 16.7 Å². The summed E-state index contributed by atoms with van der Waals surface area (Å²) in [7, 11) is -3.41. The van der Waals surface area contributed by atoms with E-state index in [1.54, 1.807) is 19.2 Å². The highest BCUT2D eigenvalue weighted by Gasteiger charge is 2.32. The quantitative estimate of drug-likeness (QED) is 0.577. The average Bonchev–Trinajstić information content (AvgIpc) is 3.17. The SMILES string of the molecule is Cc1c(Br)ccc(C(=S)c2cnoc2C2CC2)c1S(C)(=O)=O. The average molecular weight is 400 g/mol. The molecule has 0 amide bonds. The molecule has 3 rings (SSSR count). The molecular formula is C15H14BrNO3S2. The third-order valence-corrected chi connectivity index (χ3v) is 6.31. The zero-order chi connectivity index (χ0) is 16.1. The van der Waals surface area contributed by atoms with Crippen LogP contribution in [0.15, 0.2) is 32.2 Å². The first-order chi connectivity index (χ1) is 10.3. The standard InChI is InChI=1S/C15H14BrNO3S2/c1-8-12(16)6-5-10(15(8)22(2,18)19)14(21)11-7-17-20-13(11)9-3-4-9/h5-7,9H,3-4H2,1-2H3. The number of hydrogen-bond donors (Lipinski definition) is 0. The first-order valence-corrected chi connectivity index (χ1v) is 9.88. The number of nitrogens with zero attached hydrogens (tertiary/aromatic N) is 1. The molecule has 0 radical (unpaired) electrons. The van der Waals surface area contributed by atoms with Crippen molar-refractivity contribution in [1.82, 2.24) is 5.16 Å². The van der Waals surface area contributed by atoms with Gasteiger partial charge in [-0.05, 0) is 31.4 Å². The van der Waals surface area contributed by atoms with Crippen LogP contribution in [-0.2, 0) is 9.84 Å². The molecule has 1 aromatic carbocycles. The van der Waals surface area contributed by atoms with Crippen LogP contribution in [0.2, 0.25) is 0 Å². The van der Waals surface area contributed by atoms with Gasteiger partial charge in [-0.25, -0.2) is 8.42 Å². The summed E-state index contributed by atoms with van der Waals surface area (Å²) in [6, 6.07) is 3.55. The van der Waals surface area contributed by atoms with E-state index in [1.165, 1.54) is 6.26 Å². The van der Waals surface area contributed by atoms with Crippen LogP contribution in [0.25, 0.3) is 0 Å². The van der Waals surface area contributed by atoms with Crippen molar-refractivity contribution in [2.75, 3.05) is 6.26 Å². The van der Waals surface area contributed by atoms with E-state index in [1.807, 2.05) is 6.07 Å². The molecule has 0 unspecified atom stereocenters. The third kappa shape index (κ3) is 2.77. The number of halogens is 1. The van der Waals surface area contributed by atoms with E-state index in [0.717, 1.165) is 28.6 Å². The zero-order valence-corrected chi connectivity index (χ0v) is 15.3. The number of benzene rings is 1. The van der Waals surface area contributed by atoms with E-state index in [0.29, 0.717) is 21.9 Å². The highest BCUT2D eigenvalue weighted by molar-refractivity contribution is 9.10. The molecule has 22 heavy (non-hydrogen) atoms. The second-order valence-corrected chi connectivity index (χ2v) is 8.74. The van der Waals surface area contributed by atoms with Crippen molar-refractivity contribution in [3.8, 4) is 0 Å². The molecule has 1 fully saturated rings. The summed E-state index contributed by atoms with van der Waals surface area (Å²) < 4.78 is 30.5. The topological polar surface area (TPSA) is 60.2 Å². The van der Waals surface area contributed by atoms with E-state index in [-0.39, 0.29) is 4.90 Å². The summed E-state index contributed by atoms with van der Waals surface area (Å²) in [6.07, 6.45) is 4.90. The molecule has 1 saturated carbocycles. The second-order valence-electron chi connectivity index (χ2n) is 5.53. The highest BCUT2D eigenvalue weighted by Crippen LogP contribution is 2.42. The minimum atomic E-state index is -3.41. The van der Waals surface area contributed by atoms with E-state index >= 15 is 0 Å². The summed E-state index contributed by atoms with van der Waals surface area (Å²) in [5.74, 6) is 1.12. The van der Waals surface area contributed by atoms with Gasteiger partial charge in [-0.15, -0.1) is 0 Å². The molecule has 1 heterocycles. The Morgan fingerprint density at radius 2 is 2.05 bits per heavy atom. The first-order valence-electron chi connectivity index (χ1n) is 6.79. The number of rotatable bonds is 4. The zero-order valence-electron chi connectivity index (χ0n) is 12.1. The number of thiocarbonyl (C=S) groups is 1. The number of hydrogen-bond acceptors (Lipinski definition) is 5. The normalized spacial score (nSPS) is 15.0. The third-order valence-electron chi connectivity index (χ3n) is 3.75. The first kappa shape index (κ1) is 15.8. The lowest BCUT2D eigenvalue weighted by molar-refractivity contribution is 0.384. The molecule has 0 atom stereocenters. The minimum Gasteiger partial charge on any atom is -0.360 e. The van der Waals surface area contributed by atoms with Gasteiger partial charge in [-0.2, -0.15) is 0 Å². The molecule has 0 spiro atoms. The summed E-state index contributed by atoms with van der Waals surface area (Å²) in [4.78, 5) is 0.731. The fourth-order valence-electron chi connectivity index (χ4n) is 2.53. The Labute approximate surface area is 142 Å². The van der Waals surface area contributed by atoms with Gasteiger partial charge in [-0.3, -0.25) is 0 Å². The summed E-state index contributed by atoms with van der Waals surface area (Å²) in [6.45, 7) is 1.77. The molecular weight excluding hydrogens is 386 g/mol. The van der Waals surface area contributed by atoms with Crippen LogP contribution in [0, 0.1) is 6.92 Å². The fourth-order valence-corrected chi connectivity index (χ4v) is 4.61. The second kappa shape index (κ2) is 5.54. The van der Waals surface area contributed by atoms with Crippen LogP contribution >= 0.6 is 28.1 Å². The molecule has 7 heteroatoms. The Morgan fingerprint density at radius 3 is 2.64 bits per heavy atom. The smallest absolute Gasteiger partial charge is 0.176 e. The van der Waals surface area contributed by atoms with Gasteiger partial charge in [0.1, 0.15) is 5.76 Å².